The zero-order valence-corrected chi connectivity index (χ0v) is 12.9. The number of nitrogens with one attached hydrogen (secondary N) is 1. The summed E-state index contributed by atoms with van der Waals surface area (Å²) in [5.74, 6) is 6.97. The van der Waals surface area contributed by atoms with Crippen LogP contribution in [0.5, 0.6) is 0 Å². The van der Waals surface area contributed by atoms with Crippen LogP contribution >= 0.6 is 11.8 Å². The molecule has 6 heteroatoms. The average molecular weight is 314 g/mol. The zero-order valence-electron chi connectivity index (χ0n) is 12.1. The number of rotatable bonds is 6. The molecule has 1 heterocycles. The Labute approximate surface area is 134 Å². The summed E-state index contributed by atoms with van der Waals surface area (Å²) in [4.78, 5) is 16.3. The molecule has 0 saturated carbocycles. The van der Waals surface area contributed by atoms with Crippen molar-refractivity contribution in [3.05, 3.63) is 66.0 Å². The van der Waals surface area contributed by atoms with Gasteiger partial charge in [-0.15, -0.1) is 0 Å². The molecular formula is C16H18N4OS. The van der Waals surface area contributed by atoms with Crippen LogP contribution in [-0.4, -0.2) is 27.5 Å². The van der Waals surface area contributed by atoms with Gasteiger partial charge in [0.15, 0.2) is 0 Å². The van der Waals surface area contributed by atoms with Gasteiger partial charge in [-0.1, -0.05) is 24.3 Å². The van der Waals surface area contributed by atoms with Gasteiger partial charge >= 0.3 is 0 Å². The fourth-order valence-electron chi connectivity index (χ4n) is 1.79. The van der Waals surface area contributed by atoms with E-state index in [9.17, 15) is 4.79 Å². The standard InChI is InChI=1S/C16H18N4OS/c17-15(9-11-22-12-14-8-4-5-10-19-14)20(18)16(21)13-6-2-1-3-7-13/h1-8,10,17H,9,11-12,18H2. The lowest BCUT2D eigenvalue weighted by atomic mass is 10.2. The predicted molar refractivity (Wildman–Crippen MR) is 89.5 cm³/mol. The first-order chi connectivity index (χ1) is 10.7. The molecule has 3 N–H and O–H groups in total. The molecular weight excluding hydrogens is 296 g/mol. The maximum atomic E-state index is 12.1. The molecule has 1 amide bonds. The fraction of sp³-hybridized carbons (Fsp3) is 0.188. The summed E-state index contributed by atoms with van der Waals surface area (Å²) in [6.45, 7) is 0. The number of hydrogen-bond donors (Lipinski definition) is 2. The van der Waals surface area contributed by atoms with E-state index >= 15 is 0 Å². The van der Waals surface area contributed by atoms with E-state index < -0.39 is 0 Å². The SMILES string of the molecule is N=C(CCSCc1ccccn1)N(N)C(=O)c1ccccc1. The number of nitrogens with two attached hydrogens (primary N) is 1. The van der Waals surface area contributed by atoms with Crippen LogP contribution in [0.15, 0.2) is 54.7 Å². The minimum Gasteiger partial charge on any atom is -0.287 e. The van der Waals surface area contributed by atoms with Gasteiger partial charge in [-0.2, -0.15) is 11.8 Å². The topological polar surface area (TPSA) is 83.1 Å². The Morgan fingerprint density at radius 3 is 2.59 bits per heavy atom. The molecule has 2 rings (SSSR count). The number of hydrogen-bond acceptors (Lipinski definition) is 5. The van der Waals surface area contributed by atoms with Crippen molar-refractivity contribution in [3.63, 3.8) is 0 Å². The monoisotopic (exact) mass is 314 g/mol. The second-order valence-corrected chi connectivity index (χ2v) is 5.72. The van der Waals surface area contributed by atoms with E-state index in [1.165, 1.54) is 0 Å². The predicted octanol–water partition coefficient (Wildman–Crippen LogP) is 2.70. The Morgan fingerprint density at radius 2 is 1.91 bits per heavy atom. The number of aromatic nitrogens is 1. The van der Waals surface area contributed by atoms with Crippen molar-refractivity contribution >= 4 is 23.5 Å². The van der Waals surface area contributed by atoms with E-state index in [0.717, 1.165) is 16.5 Å². The third kappa shape index (κ3) is 4.68. The number of hydrazine groups is 1. The highest BCUT2D eigenvalue weighted by molar-refractivity contribution is 7.98. The van der Waals surface area contributed by atoms with Crippen molar-refractivity contribution in [1.82, 2.24) is 9.99 Å². The van der Waals surface area contributed by atoms with Crippen molar-refractivity contribution in [1.29, 1.82) is 5.41 Å². The number of benzene rings is 1. The van der Waals surface area contributed by atoms with Crippen LogP contribution in [0.25, 0.3) is 0 Å². The molecule has 0 saturated heterocycles. The van der Waals surface area contributed by atoms with Gasteiger partial charge in [-0.3, -0.25) is 15.2 Å². The number of carbonyl (C=O) groups is 1. The van der Waals surface area contributed by atoms with E-state index in [0.29, 0.717) is 17.7 Å². The van der Waals surface area contributed by atoms with Crippen molar-refractivity contribution in [2.75, 3.05) is 5.75 Å². The first-order valence-corrected chi connectivity index (χ1v) is 8.03. The third-order valence-electron chi connectivity index (χ3n) is 2.99. The number of amidine groups is 1. The summed E-state index contributed by atoms with van der Waals surface area (Å²) in [5, 5.41) is 8.82. The summed E-state index contributed by atoms with van der Waals surface area (Å²) in [7, 11) is 0. The molecule has 0 aliphatic rings. The van der Waals surface area contributed by atoms with Gasteiger partial charge in [-0.25, -0.2) is 10.9 Å². The van der Waals surface area contributed by atoms with E-state index in [1.807, 2.05) is 24.3 Å². The molecule has 0 radical (unpaired) electrons. The highest BCUT2D eigenvalue weighted by atomic mass is 32.2. The molecule has 0 unspecified atom stereocenters. The molecule has 2 aromatic rings. The Kier molecular flexibility index (Phi) is 6.12. The molecule has 0 atom stereocenters. The lowest BCUT2D eigenvalue weighted by Crippen LogP contribution is -2.42. The van der Waals surface area contributed by atoms with Crippen LogP contribution in [0, 0.1) is 5.41 Å². The number of carbonyl (C=O) groups excluding carboxylic acids is 1. The maximum Gasteiger partial charge on any atom is 0.273 e. The van der Waals surface area contributed by atoms with Crippen LogP contribution in [0.1, 0.15) is 22.5 Å². The van der Waals surface area contributed by atoms with Crippen molar-refractivity contribution in [3.8, 4) is 0 Å². The summed E-state index contributed by atoms with van der Waals surface area (Å²) >= 11 is 1.66. The number of thioether (sulfide) groups is 1. The normalized spacial score (nSPS) is 10.2. The van der Waals surface area contributed by atoms with Crippen molar-refractivity contribution < 1.29 is 4.79 Å². The van der Waals surface area contributed by atoms with Crippen LogP contribution < -0.4 is 5.84 Å². The molecule has 0 aliphatic heterocycles. The molecule has 0 spiro atoms. The lowest BCUT2D eigenvalue weighted by Gasteiger charge is -2.17. The molecule has 0 aliphatic carbocycles. The zero-order chi connectivity index (χ0) is 15.8. The van der Waals surface area contributed by atoms with Crippen molar-refractivity contribution in [2.24, 2.45) is 5.84 Å². The number of amides is 1. The van der Waals surface area contributed by atoms with Gasteiger partial charge in [0.1, 0.15) is 5.84 Å². The summed E-state index contributed by atoms with van der Waals surface area (Å²) in [6, 6.07) is 14.5. The first kappa shape index (κ1) is 16.2. The quantitative estimate of drug-likeness (QED) is 0.214. The molecule has 0 fully saturated rings. The van der Waals surface area contributed by atoms with Gasteiger partial charge in [0, 0.05) is 29.7 Å². The Hall–Kier alpha value is -2.18. The number of pyridine rings is 1. The smallest absolute Gasteiger partial charge is 0.273 e. The summed E-state index contributed by atoms with van der Waals surface area (Å²) in [5.41, 5.74) is 1.49. The van der Waals surface area contributed by atoms with E-state index in [4.69, 9.17) is 11.3 Å². The fourth-order valence-corrected chi connectivity index (χ4v) is 2.65. The largest absolute Gasteiger partial charge is 0.287 e. The minimum absolute atomic E-state index is 0.113. The van der Waals surface area contributed by atoms with E-state index in [1.54, 1.807) is 42.2 Å². The summed E-state index contributed by atoms with van der Waals surface area (Å²) < 4.78 is 0. The molecule has 1 aromatic heterocycles. The lowest BCUT2D eigenvalue weighted by molar-refractivity contribution is 0.0844. The van der Waals surface area contributed by atoms with Gasteiger partial charge < -0.3 is 0 Å². The Balaban J connectivity index is 1.76. The van der Waals surface area contributed by atoms with Crippen LogP contribution in [0.4, 0.5) is 0 Å². The van der Waals surface area contributed by atoms with Crippen LogP contribution in [0.2, 0.25) is 0 Å². The molecule has 22 heavy (non-hydrogen) atoms. The highest BCUT2D eigenvalue weighted by Crippen LogP contribution is 2.12. The maximum absolute atomic E-state index is 12.1. The molecule has 5 nitrogen and oxygen atoms in total. The Morgan fingerprint density at radius 1 is 1.18 bits per heavy atom. The second kappa shape index (κ2) is 8.31. The molecule has 1 aromatic carbocycles. The summed E-state index contributed by atoms with van der Waals surface area (Å²) in [6.07, 6.45) is 2.20. The van der Waals surface area contributed by atoms with E-state index in [-0.39, 0.29) is 11.7 Å². The van der Waals surface area contributed by atoms with Crippen LogP contribution in [0.3, 0.4) is 0 Å². The number of nitrogens with zero attached hydrogens (tertiary/aromatic N) is 2. The minimum atomic E-state index is -0.361. The second-order valence-electron chi connectivity index (χ2n) is 4.61. The van der Waals surface area contributed by atoms with Gasteiger partial charge in [0.05, 0.1) is 5.69 Å². The first-order valence-electron chi connectivity index (χ1n) is 6.88. The highest BCUT2D eigenvalue weighted by Gasteiger charge is 2.15. The van der Waals surface area contributed by atoms with Gasteiger partial charge in [0.2, 0.25) is 0 Å². The molecule has 0 bridgehead atoms. The average Bonchev–Trinajstić information content (AvgIpc) is 2.59. The van der Waals surface area contributed by atoms with Gasteiger partial charge in [0.25, 0.3) is 5.91 Å². The molecule has 114 valence electrons. The van der Waals surface area contributed by atoms with Crippen molar-refractivity contribution in [2.45, 2.75) is 12.2 Å². The van der Waals surface area contributed by atoms with E-state index in [2.05, 4.69) is 4.98 Å². The van der Waals surface area contributed by atoms with Gasteiger partial charge in [-0.05, 0) is 24.3 Å². The third-order valence-corrected chi connectivity index (χ3v) is 3.98. The van der Waals surface area contributed by atoms with Crippen LogP contribution in [-0.2, 0) is 5.75 Å². The Bertz CT molecular complexity index is 619.